The maximum absolute atomic E-state index is 12.3. The molecule has 23 heavy (non-hydrogen) atoms. The number of rotatable bonds is 3. The second kappa shape index (κ2) is 6.96. The predicted molar refractivity (Wildman–Crippen MR) is 88.1 cm³/mol. The van der Waals surface area contributed by atoms with E-state index in [1.165, 1.54) is 0 Å². The van der Waals surface area contributed by atoms with Gasteiger partial charge in [0.15, 0.2) is 5.82 Å². The zero-order valence-electron chi connectivity index (χ0n) is 12.9. The molecule has 0 N–H and O–H groups in total. The zero-order valence-corrected chi connectivity index (χ0v) is 13.7. The van der Waals surface area contributed by atoms with Crippen LogP contribution in [0.1, 0.15) is 36.0 Å². The summed E-state index contributed by atoms with van der Waals surface area (Å²) in [6, 6.07) is 7.42. The van der Waals surface area contributed by atoms with E-state index < -0.39 is 0 Å². The fraction of sp³-hybridized carbons (Fsp3) is 0.353. The summed E-state index contributed by atoms with van der Waals surface area (Å²) < 4.78 is 5.22. The third kappa shape index (κ3) is 3.99. The number of nitrogens with zero attached hydrogens (tertiary/aromatic N) is 3. The first kappa shape index (κ1) is 15.7. The number of piperidine rings is 1. The maximum atomic E-state index is 12.3. The Hall–Kier alpha value is -2.14. The molecule has 0 atom stereocenters. The van der Waals surface area contributed by atoms with E-state index in [-0.39, 0.29) is 11.8 Å². The molecule has 1 aliphatic rings. The Kier molecular flexibility index (Phi) is 4.76. The molecule has 0 aliphatic carbocycles. The van der Waals surface area contributed by atoms with Crippen LogP contribution in [0.2, 0.25) is 5.02 Å². The minimum absolute atomic E-state index is 0.0186. The molecule has 1 aliphatic heterocycles. The van der Waals surface area contributed by atoms with Crippen molar-refractivity contribution in [3.05, 3.63) is 52.6 Å². The molecule has 1 amide bonds. The van der Waals surface area contributed by atoms with Crippen LogP contribution in [0.5, 0.6) is 0 Å². The molecule has 0 spiro atoms. The highest BCUT2D eigenvalue weighted by molar-refractivity contribution is 6.30. The lowest BCUT2D eigenvalue weighted by atomic mass is 9.96. The van der Waals surface area contributed by atoms with Crippen LogP contribution in [-0.4, -0.2) is 34.0 Å². The molecule has 5 nitrogen and oxygen atoms in total. The Balaban J connectivity index is 1.56. The van der Waals surface area contributed by atoms with Gasteiger partial charge in [0.1, 0.15) is 0 Å². The van der Waals surface area contributed by atoms with Gasteiger partial charge in [0.2, 0.25) is 11.8 Å². The largest absolute Gasteiger partial charge is 0.339 e. The highest BCUT2D eigenvalue weighted by atomic mass is 35.5. The van der Waals surface area contributed by atoms with Crippen LogP contribution < -0.4 is 0 Å². The van der Waals surface area contributed by atoms with Crippen molar-refractivity contribution in [3.8, 4) is 0 Å². The number of hydrogen-bond donors (Lipinski definition) is 0. The van der Waals surface area contributed by atoms with Gasteiger partial charge in [-0.2, -0.15) is 4.98 Å². The van der Waals surface area contributed by atoms with Crippen LogP contribution in [0.4, 0.5) is 0 Å². The molecule has 1 fully saturated rings. The minimum Gasteiger partial charge on any atom is -0.339 e. The van der Waals surface area contributed by atoms with Gasteiger partial charge in [-0.1, -0.05) is 28.9 Å². The van der Waals surface area contributed by atoms with Gasteiger partial charge in [0.05, 0.1) is 0 Å². The quantitative estimate of drug-likeness (QED) is 0.808. The zero-order chi connectivity index (χ0) is 16.2. The summed E-state index contributed by atoms with van der Waals surface area (Å²) in [4.78, 5) is 18.4. The van der Waals surface area contributed by atoms with Crippen molar-refractivity contribution in [2.75, 3.05) is 13.1 Å². The van der Waals surface area contributed by atoms with E-state index in [0.29, 0.717) is 29.8 Å². The van der Waals surface area contributed by atoms with Crippen molar-refractivity contribution < 1.29 is 9.32 Å². The normalized spacial score (nSPS) is 16.2. The third-order valence-corrected chi connectivity index (χ3v) is 4.20. The summed E-state index contributed by atoms with van der Waals surface area (Å²) in [5, 5.41) is 4.49. The standard InChI is InChI=1S/C17H18ClN3O2/c1-12-19-17(23-20-12)14-7-9-21(10-8-14)16(22)6-5-13-3-2-4-15(18)11-13/h2-6,11,14H,7-10H2,1H3. The molecule has 1 saturated heterocycles. The number of carbonyl (C=O) groups is 1. The summed E-state index contributed by atoms with van der Waals surface area (Å²) in [5.74, 6) is 1.61. The highest BCUT2D eigenvalue weighted by Gasteiger charge is 2.26. The molecule has 2 aromatic rings. The lowest BCUT2D eigenvalue weighted by molar-refractivity contribution is -0.127. The number of halogens is 1. The number of carbonyl (C=O) groups excluding carboxylic acids is 1. The summed E-state index contributed by atoms with van der Waals surface area (Å²) >= 11 is 5.94. The van der Waals surface area contributed by atoms with Gasteiger partial charge < -0.3 is 9.42 Å². The van der Waals surface area contributed by atoms with E-state index in [1.807, 2.05) is 36.1 Å². The first-order chi connectivity index (χ1) is 11.1. The number of aryl methyl sites for hydroxylation is 1. The van der Waals surface area contributed by atoms with Crippen molar-refractivity contribution in [2.24, 2.45) is 0 Å². The Labute approximate surface area is 139 Å². The van der Waals surface area contributed by atoms with E-state index in [1.54, 1.807) is 12.2 Å². The molecular formula is C17H18ClN3O2. The van der Waals surface area contributed by atoms with Crippen molar-refractivity contribution in [2.45, 2.75) is 25.7 Å². The van der Waals surface area contributed by atoms with E-state index in [0.717, 1.165) is 18.4 Å². The van der Waals surface area contributed by atoms with E-state index in [2.05, 4.69) is 10.1 Å². The Bertz CT molecular complexity index is 718. The number of likely N-dealkylation sites (tertiary alicyclic amines) is 1. The second-order valence-electron chi connectivity index (χ2n) is 5.67. The number of hydrogen-bond acceptors (Lipinski definition) is 4. The average molecular weight is 332 g/mol. The third-order valence-electron chi connectivity index (χ3n) is 3.97. The molecule has 0 saturated carbocycles. The lowest BCUT2D eigenvalue weighted by Gasteiger charge is -2.29. The van der Waals surface area contributed by atoms with Gasteiger partial charge in [0, 0.05) is 30.1 Å². The molecule has 2 heterocycles. The molecule has 3 rings (SSSR count). The summed E-state index contributed by atoms with van der Waals surface area (Å²) in [6.45, 7) is 3.21. The van der Waals surface area contributed by atoms with Gasteiger partial charge in [-0.15, -0.1) is 0 Å². The van der Waals surface area contributed by atoms with Gasteiger partial charge in [-0.25, -0.2) is 0 Å². The van der Waals surface area contributed by atoms with E-state index >= 15 is 0 Å². The summed E-state index contributed by atoms with van der Waals surface area (Å²) in [7, 11) is 0. The van der Waals surface area contributed by atoms with Crippen LogP contribution in [0, 0.1) is 6.92 Å². The molecule has 1 aromatic heterocycles. The van der Waals surface area contributed by atoms with Gasteiger partial charge in [-0.05, 0) is 43.5 Å². The van der Waals surface area contributed by atoms with Crippen LogP contribution in [0.15, 0.2) is 34.9 Å². The number of benzene rings is 1. The molecule has 0 radical (unpaired) electrons. The van der Waals surface area contributed by atoms with Crippen molar-refractivity contribution in [1.29, 1.82) is 0 Å². The lowest BCUT2D eigenvalue weighted by Crippen LogP contribution is -2.36. The predicted octanol–water partition coefficient (Wildman–Crippen LogP) is 3.45. The van der Waals surface area contributed by atoms with Gasteiger partial charge in [-0.3, -0.25) is 4.79 Å². The van der Waals surface area contributed by atoms with Crippen LogP contribution in [0.3, 0.4) is 0 Å². The highest BCUT2D eigenvalue weighted by Crippen LogP contribution is 2.26. The van der Waals surface area contributed by atoms with Crippen molar-refractivity contribution in [1.82, 2.24) is 15.0 Å². The Morgan fingerprint density at radius 2 is 2.17 bits per heavy atom. The van der Waals surface area contributed by atoms with Crippen LogP contribution >= 0.6 is 11.6 Å². The smallest absolute Gasteiger partial charge is 0.246 e. The molecule has 0 bridgehead atoms. The molecule has 1 aromatic carbocycles. The molecule has 0 unspecified atom stereocenters. The SMILES string of the molecule is Cc1noc(C2CCN(C(=O)C=Cc3cccc(Cl)c3)CC2)n1. The molecule has 120 valence electrons. The van der Waals surface area contributed by atoms with E-state index in [4.69, 9.17) is 16.1 Å². The fourth-order valence-corrected chi connectivity index (χ4v) is 2.91. The second-order valence-corrected chi connectivity index (χ2v) is 6.10. The summed E-state index contributed by atoms with van der Waals surface area (Å²) in [6.07, 6.45) is 5.08. The fourth-order valence-electron chi connectivity index (χ4n) is 2.71. The van der Waals surface area contributed by atoms with Gasteiger partial charge in [0.25, 0.3) is 0 Å². The van der Waals surface area contributed by atoms with Crippen molar-refractivity contribution in [3.63, 3.8) is 0 Å². The number of amides is 1. The maximum Gasteiger partial charge on any atom is 0.246 e. The first-order valence-corrected chi connectivity index (χ1v) is 8.02. The Morgan fingerprint density at radius 3 is 2.83 bits per heavy atom. The van der Waals surface area contributed by atoms with Crippen LogP contribution in [0.25, 0.3) is 6.08 Å². The monoisotopic (exact) mass is 331 g/mol. The van der Waals surface area contributed by atoms with Crippen LogP contribution in [-0.2, 0) is 4.79 Å². The van der Waals surface area contributed by atoms with Crippen molar-refractivity contribution >= 4 is 23.6 Å². The van der Waals surface area contributed by atoms with Gasteiger partial charge >= 0.3 is 0 Å². The topological polar surface area (TPSA) is 59.2 Å². The average Bonchev–Trinajstić information content (AvgIpc) is 2.99. The molecular weight excluding hydrogens is 314 g/mol. The van der Waals surface area contributed by atoms with E-state index in [9.17, 15) is 4.79 Å². The first-order valence-electron chi connectivity index (χ1n) is 7.64. The summed E-state index contributed by atoms with van der Waals surface area (Å²) in [5.41, 5.74) is 0.919. The molecule has 6 heteroatoms. The Morgan fingerprint density at radius 1 is 1.39 bits per heavy atom. The number of aromatic nitrogens is 2. The minimum atomic E-state index is 0.0186.